The van der Waals surface area contributed by atoms with Gasteiger partial charge < -0.3 is 5.32 Å². The summed E-state index contributed by atoms with van der Waals surface area (Å²) >= 11 is 7.77. The fourth-order valence-corrected chi connectivity index (χ4v) is 3.24. The van der Waals surface area contributed by atoms with E-state index in [1.54, 1.807) is 0 Å². The Labute approximate surface area is 130 Å². The van der Waals surface area contributed by atoms with Crippen LogP contribution < -0.4 is 5.32 Å². The van der Waals surface area contributed by atoms with Crippen molar-refractivity contribution in [2.45, 2.75) is 24.8 Å². The second-order valence-corrected chi connectivity index (χ2v) is 6.32. The fraction of sp³-hybridized carbons (Fsp3) is 0.294. The number of aryl methyl sites for hydroxylation is 1. The number of benzene rings is 2. The quantitative estimate of drug-likeness (QED) is 0.746. The molecular formula is C17H20ClNS. The summed E-state index contributed by atoms with van der Waals surface area (Å²) in [4.78, 5) is 1.25. The predicted molar refractivity (Wildman–Crippen MR) is 89.8 cm³/mol. The maximum absolute atomic E-state index is 5.92. The summed E-state index contributed by atoms with van der Waals surface area (Å²) in [6.07, 6.45) is 0. The predicted octanol–water partition coefficient (Wildman–Crippen LogP) is 5.09. The van der Waals surface area contributed by atoms with Crippen LogP contribution in [0.15, 0.2) is 53.4 Å². The van der Waals surface area contributed by atoms with Gasteiger partial charge >= 0.3 is 0 Å². The molecule has 0 aliphatic carbocycles. The summed E-state index contributed by atoms with van der Waals surface area (Å²) in [7, 11) is 0. The molecule has 0 aromatic heterocycles. The van der Waals surface area contributed by atoms with Crippen molar-refractivity contribution in [3.63, 3.8) is 0 Å². The van der Waals surface area contributed by atoms with E-state index in [1.165, 1.54) is 16.0 Å². The van der Waals surface area contributed by atoms with Crippen LogP contribution in [-0.2, 0) is 0 Å². The molecule has 2 aromatic rings. The standard InChI is InChI=1S/C17H20ClNS/c1-3-19-17(14-6-4-5-13(2)11-14)12-20-16-9-7-15(18)8-10-16/h4-11,17,19H,3,12H2,1-2H3. The molecule has 1 unspecified atom stereocenters. The largest absolute Gasteiger partial charge is 0.309 e. The van der Waals surface area contributed by atoms with E-state index in [4.69, 9.17) is 11.6 Å². The fourth-order valence-electron chi connectivity index (χ4n) is 2.12. The van der Waals surface area contributed by atoms with E-state index in [0.29, 0.717) is 6.04 Å². The normalized spacial score (nSPS) is 12.3. The zero-order chi connectivity index (χ0) is 14.4. The van der Waals surface area contributed by atoms with Crippen LogP contribution in [0.25, 0.3) is 0 Å². The Hall–Kier alpha value is -0.960. The molecule has 0 amide bonds. The zero-order valence-electron chi connectivity index (χ0n) is 11.9. The minimum absolute atomic E-state index is 0.376. The SMILES string of the molecule is CCNC(CSc1ccc(Cl)cc1)c1cccc(C)c1. The molecule has 0 spiro atoms. The average molecular weight is 306 g/mol. The van der Waals surface area contributed by atoms with Gasteiger partial charge in [-0.1, -0.05) is 48.4 Å². The van der Waals surface area contributed by atoms with E-state index in [-0.39, 0.29) is 0 Å². The lowest BCUT2D eigenvalue weighted by atomic mass is 10.1. The van der Waals surface area contributed by atoms with Gasteiger partial charge in [0.1, 0.15) is 0 Å². The van der Waals surface area contributed by atoms with Gasteiger partial charge in [-0.3, -0.25) is 0 Å². The molecule has 0 bridgehead atoms. The Balaban J connectivity index is 2.04. The van der Waals surface area contributed by atoms with Crippen LogP contribution in [0.3, 0.4) is 0 Å². The zero-order valence-corrected chi connectivity index (χ0v) is 13.5. The van der Waals surface area contributed by atoms with Crippen LogP contribution in [0.1, 0.15) is 24.1 Å². The van der Waals surface area contributed by atoms with Gasteiger partial charge in [0, 0.05) is 21.7 Å². The summed E-state index contributed by atoms with van der Waals surface area (Å²) in [5.41, 5.74) is 2.66. The van der Waals surface area contributed by atoms with E-state index in [0.717, 1.165) is 17.3 Å². The Morgan fingerprint density at radius 1 is 1.15 bits per heavy atom. The lowest BCUT2D eigenvalue weighted by Gasteiger charge is -2.18. The maximum Gasteiger partial charge on any atom is 0.0415 e. The molecule has 2 rings (SSSR count). The molecule has 0 aliphatic heterocycles. The molecule has 0 saturated heterocycles. The van der Waals surface area contributed by atoms with Crippen LogP contribution in [0, 0.1) is 6.92 Å². The van der Waals surface area contributed by atoms with Crippen molar-refractivity contribution < 1.29 is 0 Å². The molecule has 1 atom stereocenters. The highest BCUT2D eigenvalue weighted by atomic mass is 35.5. The molecule has 0 saturated carbocycles. The molecule has 0 aliphatic rings. The van der Waals surface area contributed by atoms with E-state index in [1.807, 2.05) is 23.9 Å². The van der Waals surface area contributed by atoms with Crippen LogP contribution >= 0.6 is 23.4 Å². The smallest absolute Gasteiger partial charge is 0.0415 e. The van der Waals surface area contributed by atoms with Crippen molar-refractivity contribution in [2.75, 3.05) is 12.3 Å². The van der Waals surface area contributed by atoms with E-state index >= 15 is 0 Å². The van der Waals surface area contributed by atoms with Gasteiger partial charge in [-0.15, -0.1) is 11.8 Å². The second-order valence-electron chi connectivity index (χ2n) is 4.79. The van der Waals surface area contributed by atoms with Crippen molar-refractivity contribution >= 4 is 23.4 Å². The minimum Gasteiger partial charge on any atom is -0.309 e. The Bertz CT molecular complexity index is 539. The van der Waals surface area contributed by atoms with Crippen molar-refractivity contribution in [3.05, 3.63) is 64.7 Å². The van der Waals surface area contributed by atoms with Gasteiger partial charge in [0.05, 0.1) is 0 Å². The van der Waals surface area contributed by atoms with Crippen molar-refractivity contribution in [2.24, 2.45) is 0 Å². The average Bonchev–Trinajstić information content (AvgIpc) is 2.45. The van der Waals surface area contributed by atoms with Crippen LogP contribution in [-0.4, -0.2) is 12.3 Å². The lowest BCUT2D eigenvalue weighted by Crippen LogP contribution is -2.23. The van der Waals surface area contributed by atoms with E-state index in [2.05, 4.69) is 55.6 Å². The van der Waals surface area contributed by atoms with Crippen molar-refractivity contribution in [3.8, 4) is 0 Å². The highest BCUT2D eigenvalue weighted by molar-refractivity contribution is 7.99. The Kier molecular flexibility index (Phi) is 5.96. The molecule has 1 N–H and O–H groups in total. The first-order chi connectivity index (χ1) is 9.69. The van der Waals surface area contributed by atoms with Crippen LogP contribution in [0.5, 0.6) is 0 Å². The van der Waals surface area contributed by atoms with Crippen LogP contribution in [0.2, 0.25) is 5.02 Å². The molecule has 20 heavy (non-hydrogen) atoms. The first-order valence-corrected chi connectivity index (χ1v) is 8.23. The maximum atomic E-state index is 5.92. The summed E-state index contributed by atoms with van der Waals surface area (Å²) in [6.45, 7) is 5.26. The molecular weight excluding hydrogens is 286 g/mol. The molecule has 2 aromatic carbocycles. The number of halogens is 1. The molecule has 1 nitrogen and oxygen atoms in total. The molecule has 0 heterocycles. The van der Waals surface area contributed by atoms with Gasteiger partial charge in [0.25, 0.3) is 0 Å². The monoisotopic (exact) mass is 305 g/mol. The van der Waals surface area contributed by atoms with Gasteiger partial charge in [-0.05, 0) is 43.3 Å². The van der Waals surface area contributed by atoms with Gasteiger partial charge in [-0.25, -0.2) is 0 Å². The minimum atomic E-state index is 0.376. The summed E-state index contributed by atoms with van der Waals surface area (Å²) in [6, 6.07) is 17.1. The number of hydrogen-bond donors (Lipinski definition) is 1. The lowest BCUT2D eigenvalue weighted by molar-refractivity contribution is 0.605. The first kappa shape index (κ1) is 15.4. The second kappa shape index (κ2) is 7.72. The summed E-state index contributed by atoms with van der Waals surface area (Å²) in [5.74, 6) is 1.01. The Morgan fingerprint density at radius 3 is 2.55 bits per heavy atom. The number of rotatable bonds is 6. The third-order valence-corrected chi connectivity index (χ3v) is 4.48. The molecule has 0 radical (unpaired) electrons. The highest BCUT2D eigenvalue weighted by Crippen LogP contribution is 2.26. The third kappa shape index (κ3) is 4.55. The van der Waals surface area contributed by atoms with Crippen molar-refractivity contribution in [1.82, 2.24) is 5.32 Å². The first-order valence-electron chi connectivity index (χ1n) is 6.87. The van der Waals surface area contributed by atoms with Crippen LogP contribution in [0.4, 0.5) is 0 Å². The van der Waals surface area contributed by atoms with Gasteiger partial charge in [0.2, 0.25) is 0 Å². The van der Waals surface area contributed by atoms with E-state index < -0.39 is 0 Å². The third-order valence-electron chi connectivity index (χ3n) is 3.13. The topological polar surface area (TPSA) is 12.0 Å². The summed E-state index contributed by atoms with van der Waals surface area (Å²) < 4.78 is 0. The van der Waals surface area contributed by atoms with Gasteiger partial charge in [-0.2, -0.15) is 0 Å². The molecule has 3 heteroatoms. The number of hydrogen-bond acceptors (Lipinski definition) is 2. The van der Waals surface area contributed by atoms with E-state index in [9.17, 15) is 0 Å². The Morgan fingerprint density at radius 2 is 1.90 bits per heavy atom. The molecule has 0 fully saturated rings. The number of thioether (sulfide) groups is 1. The summed E-state index contributed by atoms with van der Waals surface area (Å²) in [5, 5.41) is 4.35. The number of nitrogens with one attached hydrogen (secondary N) is 1. The highest BCUT2D eigenvalue weighted by Gasteiger charge is 2.10. The van der Waals surface area contributed by atoms with Crippen molar-refractivity contribution in [1.29, 1.82) is 0 Å². The molecule has 106 valence electrons. The van der Waals surface area contributed by atoms with Gasteiger partial charge in [0.15, 0.2) is 0 Å².